The Morgan fingerprint density at radius 1 is 0.917 bits per heavy atom. The molecule has 6 nitrogen and oxygen atoms in total. The van der Waals surface area contributed by atoms with E-state index < -0.39 is 0 Å². The Morgan fingerprint density at radius 3 is 2.38 bits per heavy atom. The van der Waals surface area contributed by atoms with Gasteiger partial charge in [0.05, 0.1) is 27.9 Å². The Labute approximate surface area is 148 Å². The van der Waals surface area contributed by atoms with Crippen molar-refractivity contribution in [2.24, 2.45) is 0 Å². The van der Waals surface area contributed by atoms with Gasteiger partial charge in [0.25, 0.3) is 0 Å². The van der Waals surface area contributed by atoms with Crippen LogP contribution in [0.3, 0.4) is 0 Å². The maximum absolute atomic E-state index is 8.80. The summed E-state index contributed by atoms with van der Waals surface area (Å²) in [5.74, 6) is 0.823. The number of nitrogens with zero attached hydrogens (tertiary/aromatic N) is 4. The Kier molecular flexibility index (Phi) is 4.75. The maximum atomic E-state index is 8.80. The van der Waals surface area contributed by atoms with E-state index in [0.717, 1.165) is 5.69 Å². The fourth-order valence-corrected chi connectivity index (χ4v) is 2.19. The van der Waals surface area contributed by atoms with Crippen LogP contribution in [-0.2, 0) is 0 Å². The van der Waals surface area contributed by atoms with Crippen LogP contribution in [0.15, 0.2) is 48.7 Å². The van der Waals surface area contributed by atoms with Crippen LogP contribution in [0, 0.1) is 11.3 Å². The molecule has 1 heterocycles. The van der Waals surface area contributed by atoms with Crippen molar-refractivity contribution < 1.29 is 0 Å². The van der Waals surface area contributed by atoms with Crippen LogP contribution in [0.4, 0.5) is 23.1 Å². The van der Waals surface area contributed by atoms with Crippen LogP contribution in [-0.4, -0.2) is 15.2 Å². The molecule has 3 aromatic rings. The van der Waals surface area contributed by atoms with Crippen LogP contribution < -0.4 is 10.6 Å². The summed E-state index contributed by atoms with van der Waals surface area (Å²) in [6, 6.07) is 14.2. The van der Waals surface area contributed by atoms with Crippen LogP contribution >= 0.6 is 23.2 Å². The Morgan fingerprint density at radius 2 is 1.67 bits per heavy atom. The van der Waals surface area contributed by atoms with Crippen molar-refractivity contribution in [1.82, 2.24) is 15.2 Å². The van der Waals surface area contributed by atoms with Crippen LogP contribution in [0.1, 0.15) is 5.56 Å². The van der Waals surface area contributed by atoms with Gasteiger partial charge in [-0.15, -0.1) is 5.10 Å². The first kappa shape index (κ1) is 16.0. The van der Waals surface area contributed by atoms with Gasteiger partial charge in [0.15, 0.2) is 5.82 Å². The van der Waals surface area contributed by atoms with Gasteiger partial charge in [0.1, 0.15) is 0 Å². The summed E-state index contributed by atoms with van der Waals surface area (Å²) in [5, 5.41) is 23.6. The highest BCUT2D eigenvalue weighted by Gasteiger charge is 2.04. The molecule has 0 saturated carbocycles. The summed E-state index contributed by atoms with van der Waals surface area (Å²) >= 11 is 11.9. The molecule has 8 heteroatoms. The van der Waals surface area contributed by atoms with Crippen molar-refractivity contribution in [1.29, 1.82) is 5.26 Å². The van der Waals surface area contributed by atoms with Gasteiger partial charge in [0, 0.05) is 11.4 Å². The highest BCUT2D eigenvalue weighted by molar-refractivity contribution is 6.42. The lowest BCUT2D eigenvalue weighted by Gasteiger charge is -2.08. The van der Waals surface area contributed by atoms with E-state index in [2.05, 4.69) is 31.9 Å². The third kappa shape index (κ3) is 3.90. The van der Waals surface area contributed by atoms with Crippen LogP contribution in [0.2, 0.25) is 10.0 Å². The van der Waals surface area contributed by atoms with E-state index in [0.29, 0.717) is 33.1 Å². The molecule has 0 atom stereocenters. The first-order valence-corrected chi connectivity index (χ1v) is 7.58. The average Bonchev–Trinajstić information content (AvgIpc) is 2.59. The number of aromatic nitrogens is 3. The first-order valence-electron chi connectivity index (χ1n) is 6.83. The maximum Gasteiger partial charge on any atom is 0.249 e. The lowest BCUT2D eigenvalue weighted by atomic mass is 10.2. The lowest BCUT2D eigenvalue weighted by molar-refractivity contribution is 0.982. The number of nitriles is 1. The van der Waals surface area contributed by atoms with Crippen molar-refractivity contribution >= 4 is 46.3 Å². The molecule has 118 valence electrons. The van der Waals surface area contributed by atoms with Gasteiger partial charge in [-0.3, -0.25) is 0 Å². The summed E-state index contributed by atoms with van der Waals surface area (Å²) < 4.78 is 0. The smallest absolute Gasteiger partial charge is 0.249 e. The summed E-state index contributed by atoms with van der Waals surface area (Å²) in [4.78, 5) is 4.32. The molecule has 0 spiro atoms. The highest BCUT2D eigenvalue weighted by atomic mass is 35.5. The van der Waals surface area contributed by atoms with E-state index in [4.69, 9.17) is 28.5 Å². The van der Waals surface area contributed by atoms with Crippen LogP contribution in [0.25, 0.3) is 0 Å². The number of anilines is 4. The third-order valence-electron chi connectivity index (χ3n) is 3.02. The lowest BCUT2D eigenvalue weighted by Crippen LogP contribution is -2.02. The van der Waals surface area contributed by atoms with E-state index >= 15 is 0 Å². The summed E-state index contributed by atoms with van der Waals surface area (Å²) in [6.45, 7) is 0. The summed E-state index contributed by atoms with van der Waals surface area (Å²) in [7, 11) is 0. The highest BCUT2D eigenvalue weighted by Crippen LogP contribution is 2.26. The molecule has 3 rings (SSSR count). The average molecular weight is 357 g/mol. The van der Waals surface area contributed by atoms with Crippen molar-refractivity contribution in [3.05, 3.63) is 64.3 Å². The normalized spacial score (nSPS) is 10.0. The number of nitrogens with one attached hydrogen (secondary N) is 2. The molecule has 1 aromatic heterocycles. The van der Waals surface area contributed by atoms with Gasteiger partial charge in [-0.1, -0.05) is 23.2 Å². The summed E-state index contributed by atoms with van der Waals surface area (Å²) in [6.07, 6.45) is 1.50. The molecule has 0 aliphatic heterocycles. The zero-order valence-electron chi connectivity index (χ0n) is 12.2. The molecule has 0 amide bonds. The molecule has 0 bridgehead atoms. The topological polar surface area (TPSA) is 86.5 Å². The number of rotatable bonds is 4. The van der Waals surface area contributed by atoms with Crippen molar-refractivity contribution in [2.75, 3.05) is 10.6 Å². The molecule has 0 aliphatic carbocycles. The summed E-state index contributed by atoms with van der Waals surface area (Å²) in [5.41, 5.74) is 2.07. The van der Waals surface area contributed by atoms with Crippen molar-refractivity contribution in [3.8, 4) is 6.07 Å². The minimum atomic E-state index is 0.312. The molecule has 0 unspecified atom stereocenters. The quantitative estimate of drug-likeness (QED) is 0.713. The largest absolute Gasteiger partial charge is 0.339 e. The van der Waals surface area contributed by atoms with Gasteiger partial charge in [0.2, 0.25) is 5.95 Å². The number of hydrogen-bond acceptors (Lipinski definition) is 6. The Balaban J connectivity index is 1.75. The second kappa shape index (κ2) is 7.13. The van der Waals surface area contributed by atoms with Gasteiger partial charge in [-0.2, -0.15) is 15.3 Å². The van der Waals surface area contributed by atoms with E-state index in [9.17, 15) is 0 Å². The van der Waals surface area contributed by atoms with E-state index in [1.807, 2.05) is 0 Å². The second-order valence-electron chi connectivity index (χ2n) is 4.73. The van der Waals surface area contributed by atoms with Crippen molar-refractivity contribution in [3.63, 3.8) is 0 Å². The standard InChI is InChI=1S/C16H10Cl2N6/c17-13-6-5-12(7-14(13)18)22-16-23-15(9-20-24-16)21-11-3-1-10(8-19)2-4-11/h1-7,9H,(H2,21,22,23,24). The fourth-order valence-electron chi connectivity index (χ4n) is 1.90. The molecule has 2 N–H and O–H groups in total. The molecule has 0 saturated heterocycles. The minimum Gasteiger partial charge on any atom is -0.339 e. The van der Waals surface area contributed by atoms with Gasteiger partial charge in [-0.05, 0) is 42.5 Å². The molecule has 24 heavy (non-hydrogen) atoms. The molecular formula is C16H10Cl2N6. The number of hydrogen-bond donors (Lipinski definition) is 2. The monoisotopic (exact) mass is 356 g/mol. The number of halogens is 2. The third-order valence-corrected chi connectivity index (χ3v) is 3.76. The van der Waals surface area contributed by atoms with Gasteiger partial charge in [-0.25, -0.2) is 0 Å². The number of benzene rings is 2. The van der Waals surface area contributed by atoms with Crippen molar-refractivity contribution in [2.45, 2.75) is 0 Å². The zero-order valence-corrected chi connectivity index (χ0v) is 13.7. The first-order chi connectivity index (χ1) is 11.6. The molecule has 2 aromatic carbocycles. The van der Waals surface area contributed by atoms with E-state index in [1.165, 1.54) is 6.20 Å². The van der Waals surface area contributed by atoms with E-state index in [-0.39, 0.29) is 0 Å². The molecular weight excluding hydrogens is 347 g/mol. The SMILES string of the molecule is N#Cc1ccc(Nc2cnnc(Nc3ccc(Cl)c(Cl)c3)n2)cc1. The molecule has 0 radical (unpaired) electrons. The predicted octanol–water partition coefficient (Wildman–Crippen LogP) is 4.54. The van der Waals surface area contributed by atoms with Gasteiger partial charge >= 0.3 is 0 Å². The van der Waals surface area contributed by atoms with E-state index in [1.54, 1.807) is 42.5 Å². The van der Waals surface area contributed by atoms with Crippen LogP contribution in [0.5, 0.6) is 0 Å². The minimum absolute atomic E-state index is 0.312. The molecule has 0 fully saturated rings. The predicted molar refractivity (Wildman–Crippen MR) is 94.0 cm³/mol. The Hall–Kier alpha value is -2.88. The Bertz CT molecular complexity index is 905. The van der Waals surface area contributed by atoms with Gasteiger partial charge < -0.3 is 10.6 Å². The fraction of sp³-hybridized carbons (Fsp3) is 0. The second-order valence-corrected chi connectivity index (χ2v) is 5.55. The molecule has 0 aliphatic rings. The zero-order chi connectivity index (χ0) is 16.9.